The summed E-state index contributed by atoms with van der Waals surface area (Å²) in [5.74, 6) is 0.979. The van der Waals surface area contributed by atoms with Gasteiger partial charge in [-0.1, -0.05) is 12.1 Å². The lowest BCUT2D eigenvalue weighted by Crippen LogP contribution is -2.38. The van der Waals surface area contributed by atoms with Gasteiger partial charge in [-0.15, -0.1) is 0 Å². The smallest absolute Gasteiger partial charge is 0.294 e. The minimum absolute atomic E-state index is 0.135. The Morgan fingerprint density at radius 2 is 1.94 bits per heavy atom. The van der Waals surface area contributed by atoms with Crippen molar-refractivity contribution in [2.24, 2.45) is 0 Å². The summed E-state index contributed by atoms with van der Waals surface area (Å²) in [5, 5.41) is 9.37. The van der Waals surface area contributed by atoms with Crippen LogP contribution in [0.4, 0.5) is 5.82 Å². The number of anilines is 1. The highest BCUT2D eigenvalue weighted by Crippen LogP contribution is 2.19. The molecular weight excluding hydrogens is 396 g/mol. The number of amides is 1. The normalized spacial score (nSPS) is 14.2. The van der Waals surface area contributed by atoms with Crippen LogP contribution in [-0.2, 0) is 17.9 Å². The van der Waals surface area contributed by atoms with E-state index in [1.54, 1.807) is 27.9 Å². The maximum Gasteiger partial charge on any atom is 0.294 e. The van der Waals surface area contributed by atoms with E-state index in [0.29, 0.717) is 11.6 Å². The molecule has 2 aromatic heterocycles. The molecule has 1 fully saturated rings. The van der Waals surface area contributed by atoms with Crippen LogP contribution in [0.5, 0.6) is 0 Å². The molecule has 8 heteroatoms. The topological polar surface area (TPSA) is 91.8 Å². The Balaban J connectivity index is 1.58. The van der Waals surface area contributed by atoms with Crippen molar-refractivity contribution in [2.75, 3.05) is 31.1 Å². The van der Waals surface area contributed by atoms with Gasteiger partial charge in [-0.25, -0.2) is 4.98 Å². The zero-order valence-electron chi connectivity index (χ0n) is 17.6. The van der Waals surface area contributed by atoms with Crippen LogP contribution in [0, 0.1) is 0 Å². The number of piperidine rings is 1. The van der Waals surface area contributed by atoms with Gasteiger partial charge in [0.2, 0.25) is 5.91 Å². The van der Waals surface area contributed by atoms with Crippen molar-refractivity contribution in [3.8, 4) is 0 Å². The quantitative estimate of drug-likeness (QED) is 0.597. The number of carbonyl (C=O) groups is 1. The number of furan rings is 1. The van der Waals surface area contributed by atoms with Crippen molar-refractivity contribution in [1.29, 1.82) is 0 Å². The van der Waals surface area contributed by atoms with E-state index in [4.69, 9.17) is 4.42 Å². The van der Waals surface area contributed by atoms with Gasteiger partial charge in [0, 0.05) is 32.6 Å². The van der Waals surface area contributed by atoms with Crippen LogP contribution >= 0.6 is 0 Å². The predicted molar refractivity (Wildman–Crippen MR) is 118 cm³/mol. The molecule has 1 aromatic carbocycles. The third kappa shape index (κ3) is 4.80. The number of rotatable bonds is 8. The molecule has 1 saturated heterocycles. The molecule has 0 bridgehead atoms. The fraction of sp³-hybridized carbons (Fsp3) is 0.435. The zero-order valence-corrected chi connectivity index (χ0v) is 17.6. The summed E-state index contributed by atoms with van der Waals surface area (Å²) in [5.41, 5.74) is 1.31. The number of hydrogen-bond donors (Lipinski definition) is 1. The van der Waals surface area contributed by atoms with Crippen LogP contribution < -0.4 is 10.5 Å². The number of carbonyl (C=O) groups excluding carboxylic acids is 1. The predicted octanol–water partition coefficient (Wildman–Crippen LogP) is 2.39. The van der Waals surface area contributed by atoms with Crippen molar-refractivity contribution in [2.45, 2.75) is 38.8 Å². The Hall–Kier alpha value is -3.13. The van der Waals surface area contributed by atoms with Crippen LogP contribution in [-0.4, -0.2) is 51.7 Å². The van der Waals surface area contributed by atoms with Crippen molar-refractivity contribution in [1.82, 2.24) is 14.5 Å². The lowest BCUT2D eigenvalue weighted by Gasteiger charge is -2.28. The summed E-state index contributed by atoms with van der Waals surface area (Å²) < 4.78 is 7.00. The molecule has 0 unspecified atom stereocenters. The van der Waals surface area contributed by atoms with Gasteiger partial charge in [-0.2, -0.15) is 0 Å². The summed E-state index contributed by atoms with van der Waals surface area (Å²) in [6.07, 6.45) is 4.98. The van der Waals surface area contributed by atoms with Gasteiger partial charge >= 0.3 is 0 Å². The number of aryl methyl sites for hydroxylation is 1. The third-order valence-corrected chi connectivity index (χ3v) is 5.69. The molecule has 3 aromatic rings. The van der Waals surface area contributed by atoms with Crippen molar-refractivity contribution < 1.29 is 14.3 Å². The Kier molecular flexibility index (Phi) is 6.66. The van der Waals surface area contributed by atoms with Crippen LogP contribution in [0.25, 0.3) is 11.0 Å². The average molecular weight is 425 g/mol. The standard InChI is InChI=1S/C23H28N4O4/c28-15-14-26(17-18-7-6-16-31-18)21(29)10-13-27-20-9-3-2-8-19(20)24-22(23(27)30)25-11-4-1-5-12-25/h2-3,6-9,16,28H,1,4-5,10-15,17H2. The van der Waals surface area contributed by atoms with Crippen LogP contribution in [0.3, 0.4) is 0 Å². The summed E-state index contributed by atoms with van der Waals surface area (Å²) in [7, 11) is 0. The molecule has 1 N–H and O–H groups in total. The first kappa shape index (κ1) is 21.1. The highest BCUT2D eigenvalue weighted by Gasteiger charge is 2.20. The van der Waals surface area contributed by atoms with Crippen molar-refractivity contribution in [3.63, 3.8) is 0 Å². The molecule has 164 valence electrons. The summed E-state index contributed by atoms with van der Waals surface area (Å²) in [4.78, 5) is 34.5. The highest BCUT2D eigenvalue weighted by molar-refractivity contribution is 5.78. The first-order valence-electron chi connectivity index (χ1n) is 10.8. The number of hydrogen-bond acceptors (Lipinski definition) is 6. The molecule has 0 radical (unpaired) electrons. The summed E-state index contributed by atoms with van der Waals surface area (Å²) >= 11 is 0. The first-order valence-corrected chi connectivity index (χ1v) is 10.8. The number of aliphatic hydroxyl groups excluding tert-OH is 1. The molecule has 1 aliphatic rings. The molecule has 1 aliphatic heterocycles. The Morgan fingerprint density at radius 3 is 2.68 bits per heavy atom. The van der Waals surface area contributed by atoms with Crippen LogP contribution in [0.1, 0.15) is 31.4 Å². The Labute approximate surface area is 180 Å². The molecule has 1 amide bonds. The van der Waals surface area contributed by atoms with Crippen LogP contribution in [0.15, 0.2) is 51.9 Å². The molecule has 8 nitrogen and oxygen atoms in total. The number of para-hydroxylation sites is 2. The molecule has 4 rings (SSSR count). The fourth-order valence-electron chi connectivity index (χ4n) is 4.08. The monoisotopic (exact) mass is 424 g/mol. The molecule has 0 atom stereocenters. The average Bonchev–Trinajstić information content (AvgIpc) is 3.31. The summed E-state index contributed by atoms with van der Waals surface area (Å²) in [6.45, 7) is 2.27. The number of benzene rings is 1. The van der Waals surface area contributed by atoms with Gasteiger partial charge < -0.3 is 23.9 Å². The van der Waals surface area contributed by atoms with Crippen molar-refractivity contribution >= 4 is 22.8 Å². The van der Waals surface area contributed by atoms with Gasteiger partial charge in [-0.3, -0.25) is 9.59 Å². The van der Waals surface area contributed by atoms with E-state index in [-0.39, 0.29) is 44.1 Å². The zero-order chi connectivity index (χ0) is 21.6. The van der Waals surface area contributed by atoms with E-state index in [9.17, 15) is 14.7 Å². The molecular formula is C23H28N4O4. The second-order valence-electron chi connectivity index (χ2n) is 7.80. The van der Waals surface area contributed by atoms with Gasteiger partial charge in [0.15, 0.2) is 5.82 Å². The highest BCUT2D eigenvalue weighted by atomic mass is 16.3. The van der Waals surface area contributed by atoms with Gasteiger partial charge in [0.25, 0.3) is 5.56 Å². The lowest BCUT2D eigenvalue weighted by molar-refractivity contribution is -0.132. The largest absolute Gasteiger partial charge is 0.467 e. The minimum atomic E-state index is -0.159. The number of aliphatic hydroxyl groups is 1. The Morgan fingerprint density at radius 1 is 1.13 bits per heavy atom. The van der Waals surface area contributed by atoms with Gasteiger partial charge in [0.05, 0.1) is 30.4 Å². The minimum Gasteiger partial charge on any atom is -0.467 e. The summed E-state index contributed by atoms with van der Waals surface area (Å²) in [6, 6.07) is 11.1. The van der Waals surface area contributed by atoms with E-state index >= 15 is 0 Å². The SMILES string of the molecule is O=C(CCn1c(=O)c(N2CCCCC2)nc2ccccc21)N(CCO)Cc1ccco1. The number of nitrogens with zero attached hydrogens (tertiary/aromatic N) is 4. The third-order valence-electron chi connectivity index (χ3n) is 5.69. The van der Waals surface area contributed by atoms with E-state index in [1.165, 1.54) is 6.42 Å². The second-order valence-corrected chi connectivity index (χ2v) is 7.80. The molecule has 0 spiro atoms. The Bertz CT molecular complexity index is 1070. The van der Waals surface area contributed by atoms with Crippen molar-refractivity contribution in [3.05, 3.63) is 58.8 Å². The van der Waals surface area contributed by atoms with Crippen LogP contribution in [0.2, 0.25) is 0 Å². The molecule has 3 heterocycles. The van der Waals surface area contributed by atoms with Gasteiger partial charge in [0.1, 0.15) is 5.76 Å². The fourth-order valence-corrected chi connectivity index (χ4v) is 4.08. The van der Waals surface area contributed by atoms with E-state index in [1.807, 2.05) is 24.3 Å². The van der Waals surface area contributed by atoms with Gasteiger partial charge in [-0.05, 0) is 43.5 Å². The van der Waals surface area contributed by atoms with E-state index < -0.39 is 0 Å². The maximum absolute atomic E-state index is 13.3. The molecule has 0 aliphatic carbocycles. The number of aromatic nitrogens is 2. The second kappa shape index (κ2) is 9.78. The number of fused-ring (bicyclic) bond motifs is 1. The molecule has 0 saturated carbocycles. The lowest BCUT2D eigenvalue weighted by atomic mass is 10.1. The first-order chi connectivity index (χ1) is 15.2. The molecule has 31 heavy (non-hydrogen) atoms. The van der Waals surface area contributed by atoms with E-state index in [2.05, 4.69) is 9.88 Å². The maximum atomic E-state index is 13.3. The van der Waals surface area contributed by atoms with E-state index in [0.717, 1.165) is 37.0 Å².